The lowest BCUT2D eigenvalue weighted by Gasteiger charge is -2.33. The molecule has 0 bridgehead atoms. The second-order valence-corrected chi connectivity index (χ2v) is 9.07. The van der Waals surface area contributed by atoms with Crippen LogP contribution in [0.4, 0.5) is 0 Å². The van der Waals surface area contributed by atoms with E-state index in [0.29, 0.717) is 11.2 Å². The molecule has 3 aromatic heterocycles. The first-order chi connectivity index (χ1) is 14.2. The Hall–Kier alpha value is -1.70. The molecule has 0 amide bonds. The van der Waals surface area contributed by atoms with Gasteiger partial charge in [0.05, 0.1) is 22.8 Å². The third-order valence-electron chi connectivity index (χ3n) is 5.91. The highest BCUT2D eigenvalue weighted by Crippen LogP contribution is 2.41. The normalized spacial score (nSPS) is 16.7. The van der Waals surface area contributed by atoms with Crippen molar-refractivity contribution in [2.75, 3.05) is 13.2 Å². The highest BCUT2D eigenvalue weighted by molar-refractivity contribution is 9.10. The number of ether oxygens (including phenoxy) is 1. The molecule has 1 saturated heterocycles. The zero-order chi connectivity index (χ0) is 20.0. The molecule has 0 radical (unpaired) electrons. The molecule has 29 heavy (non-hydrogen) atoms. The van der Waals surface area contributed by atoms with Crippen molar-refractivity contribution in [2.45, 2.75) is 24.2 Å². The number of alkyl halides is 1. The lowest BCUT2D eigenvalue weighted by Crippen LogP contribution is -2.27. The number of halogens is 2. The molecule has 1 aliphatic heterocycles. The second kappa shape index (κ2) is 7.85. The average molecular weight is 518 g/mol. The van der Waals surface area contributed by atoms with Crippen molar-refractivity contribution in [3.05, 3.63) is 58.3 Å². The van der Waals surface area contributed by atoms with Crippen molar-refractivity contribution in [3.8, 4) is 0 Å². The summed E-state index contributed by atoms with van der Waals surface area (Å²) in [4.78, 5) is 4.79. The first-order valence-corrected chi connectivity index (χ1v) is 11.8. The van der Waals surface area contributed by atoms with Crippen LogP contribution < -0.4 is 0 Å². The highest BCUT2D eigenvalue weighted by Gasteiger charge is 2.32. The standard InChI is InChI=1S/C22H22Br2N4O/c1-27-22-19-18(11-16(24)13-25-19)28(21(22)17(12-23)26-27)20(14-5-3-2-4-6-14)15-7-9-29-10-8-15/h2-6,11,13,15,20H,7-10,12H2,1H3. The summed E-state index contributed by atoms with van der Waals surface area (Å²) >= 11 is 7.30. The van der Waals surface area contributed by atoms with Crippen LogP contribution in [0.1, 0.15) is 30.1 Å². The predicted molar refractivity (Wildman–Crippen MR) is 122 cm³/mol. The summed E-state index contributed by atoms with van der Waals surface area (Å²) in [5.41, 5.74) is 6.77. The van der Waals surface area contributed by atoms with E-state index in [1.165, 1.54) is 11.1 Å². The molecule has 1 atom stereocenters. The Labute approximate surface area is 186 Å². The van der Waals surface area contributed by atoms with Gasteiger partial charge < -0.3 is 9.30 Å². The Morgan fingerprint density at radius 1 is 1.17 bits per heavy atom. The third-order valence-corrected chi connectivity index (χ3v) is 6.87. The van der Waals surface area contributed by atoms with Crippen LogP contribution >= 0.6 is 31.9 Å². The van der Waals surface area contributed by atoms with Crippen LogP contribution in [0.2, 0.25) is 0 Å². The van der Waals surface area contributed by atoms with Crippen LogP contribution in [0.5, 0.6) is 0 Å². The molecule has 5 rings (SSSR count). The van der Waals surface area contributed by atoms with Gasteiger partial charge in [-0.05, 0) is 46.3 Å². The van der Waals surface area contributed by atoms with Crippen LogP contribution in [0.3, 0.4) is 0 Å². The summed E-state index contributed by atoms with van der Waals surface area (Å²) in [6.45, 7) is 1.63. The van der Waals surface area contributed by atoms with E-state index >= 15 is 0 Å². The molecule has 0 aliphatic carbocycles. The van der Waals surface area contributed by atoms with E-state index in [1.54, 1.807) is 0 Å². The van der Waals surface area contributed by atoms with E-state index in [4.69, 9.17) is 14.8 Å². The van der Waals surface area contributed by atoms with Crippen LogP contribution in [0.15, 0.2) is 47.1 Å². The molecule has 1 aromatic carbocycles. The summed E-state index contributed by atoms with van der Waals surface area (Å²) in [7, 11) is 2.01. The Morgan fingerprint density at radius 2 is 1.93 bits per heavy atom. The first kappa shape index (κ1) is 19.3. The number of pyridine rings is 1. The molecule has 150 valence electrons. The minimum atomic E-state index is 0.207. The number of hydrogen-bond acceptors (Lipinski definition) is 3. The van der Waals surface area contributed by atoms with Crippen LogP contribution in [0, 0.1) is 5.92 Å². The molecule has 1 fully saturated rings. The molecular formula is C22H22Br2N4O. The molecular weight excluding hydrogens is 496 g/mol. The number of hydrogen-bond donors (Lipinski definition) is 0. The maximum absolute atomic E-state index is 5.69. The minimum absolute atomic E-state index is 0.207. The maximum atomic E-state index is 5.69. The van der Waals surface area contributed by atoms with Gasteiger partial charge >= 0.3 is 0 Å². The fraction of sp³-hybridized carbons (Fsp3) is 0.364. The number of fused-ring (bicyclic) bond motifs is 3. The van der Waals surface area contributed by atoms with Gasteiger partial charge in [-0.1, -0.05) is 46.3 Å². The third kappa shape index (κ3) is 3.23. The van der Waals surface area contributed by atoms with Gasteiger partial charge in [-0.3, -0.25) is 9.67 Å². The summed E-state index contributed by atoms with van der Waals surface area (Å²) < 4.78 is 11.1. The van der Waals surface area contributed by atoms with E-state index < -0.39 is 0 Å². The Morgan fingerprint density at radius 3 is 2.66 bits per heavy atom. The van der Waals surface area contributed by atoms with Crippen LogP contribution in [-0.2, 0) is 17.1 Å². The molecule has 7 heteroatoms. The van der Waals surface area contributed by atoms with E-state index in [1.807, 2.05) is 17.9 Å². The number of benzene rings is 1. The number of rotatable bonds is 4. The van der Waals surface area contributed by atoms with Crippen molar-refractivity contribution >= 4 is 53.9 Å². The lowest BCUT2D eigenvalue weighted by molar-refractivity contribution is 0.0552. The molecule has 5 nitrogen and oxygen atoms in total. The molecule has 4 aromatic rings. The Bertz CT molecular complexity index is 1160. The van der Waals surface area contributed by atoms with Gasteiger partial charge in [-0.2, -0.15) is 5.10 Å². The predicted octanol–water partition coefficient (Wildman–Crippen LogP) is 5.60. The fourth-order valence-corrected chi connectivity index (χ4v) is 5.39. The Balaban J connectivity index is 1.87. The molecule has 1 aliphatic rings. The molecule has 0 saturated carbocycles. The molecule has 0 N–H and O–H groups in total. The minimum Gasteiger partial charge on any atom is -0.381 e. The smallest absolute Gasteiger partial charge is 0.114 e. The van der Waals surface area contributed by atoms with Crippen molar-refractivity contribution in [1.29, 1.82) is 0 Å². The summed E-state index contributed by atoms with van der Waals surface area (Å²) in [6, 6.07) is 13.2. The average Bonchev–Trinajstić information content (AvgIpc) is 3.25. The first-order valence-electron chi connectivity index (χ1n) is 9.88. The van der Waals surface area contributed by atoms with Crippen LogP contribution in [0.25, 0.3) is 22.1 Å². The lowest BCUT2D eigenvalue weighted by atomic mass is 9.86. The zero-order valence-corrected chi connectivity index (χ0v) is 19.4. The topological polar surface area (TPSA) is 44.9 Å². The van der Waals surface area contributed by atoms with E-state index in [-0.39, 0.29) is 6.04 Å². The molecule has 1 unspecified atom stereocenters. The maximum Gasteiger partial charge on any atom is 0.114 e. The van der Waals surface area contributed by atoms with E-state index in [2.05, 4.69) is 72.8 Å². The zero-order valence-electron chi connectivity index (χ0n) is 16.2. The van der Waals surface area contributed by atoms with Gasteiger partial charge in [0.25, 0.3) is 0 Å². The van der Waals surface area contributed by atoms with Gasteiger partial charge in [-0.25, -0.2) is 0 Å². The van der Waals surface area contributed by atoms with Crippen LogP contribution in [-0.4, -0.2) is 32.5 Å². The van der Waals surface area contributed by atoms with Gasteiger partial charge in [0, 0.05) is 36.3 Å². The fourth-order valence-electron chi connectivity index (χ4n) is 4.69. The van der Waals surface area contributed by atoms with Gasteiger partial charge in [0.1, 0.15) is 11.0 Å². The number of nitrogens with zero attached hydrogens (tertiary/aromatic N) is 4. The van der Waals surface area contributed by atoms with Gasteiger partial charge in [-0.15, -0.1) is 0 Å². The summed E-state index contributed by atoms with van der Waals surface area (Å²) in [5, 5.41) is 5.50. The summed E-state index contributed by atoms with van der Waals surface area (Å²) in [5.74, 6) is 0.493. The Kier molecular flexibility index (Phi) is 5.22. The number of aryl methyl sites for hydroxylation is 1. The number of aromatic nitrogens is 4. The highest BCUT2D eigenvalue weighted by atomic mass is 79.9. The van der Waals surface area contributed by atoms with Gasteiger partial charge in [0.15, 0.2) is 0 Å². The second-order valence-electron chi connectivity index (χ2n) is 7.60. The molecule has 0 spiro atoms. The largest absolute Gasteiger partial charge is 0.381 e. The van der Waals surface area contributed by atoms with Gasteiger partial charge in [0.2, 0.25) is 0 Å². The van der Waals surface area contributed by atoms with Crippen molar-refractivity contribution in [3.63, 3.8) is 0 Å². The monoisotopic (exact) mass is 516 g/mol. The summed E-state index contributed by atoms with van der Waals surface area (Å²) in [6.07, 6.45) is 3.97. The van der Waals surface area contributed by atoms with Crippen molar-refractivity contribution in [2.24, 2.45) is 13.0 Å². The SMILES string of the molecule is Cn1nc(CBr)c2c1c1ncc(Br)cc1n2C(c1ccccc1)C1CCOCC1. The molecule has 4 heterocycles. The quantitative estimate of drug-likeness (QED) is 0.331. The van der Waals surface area contributed by atoms with Crippen molar-refractivity contribution in [1.82, 2.24) is 19.3 Å². The van der Waals surface area contributed by atoms with Crippen molar-refractivity contribution < 1.29 is 4.74 Å². The van der Waals surface area contributed by atoms with E-state index in [0.717, 1.165) is 52.8 Å². The van der Waals surface area contributed by atoms with E-state index in [9.17, 15) is 0 Å².